The predicted molar refractivity (Wildman–Crippen MR) is 70.7 cm³/mol. The second-order valence-electron chi connectivity index (χ2n) is 5.01. The molecule has 1 aliphatic heterocycles. The van der Waals surface area contributed by atoms with Gasteiger partial charge in [0.05, 0.1) is 11.8 Å². The zero-order valence-electron chi connectivity index (χ0n) is 10.8. The maximum atomic E-state index is 11.2. The quantitative estimate of drug-likeness (QED) is 0.815. The average molecular weight is 262 g/mol. The fourth-order valence-electron chi connectivity index (χ4n) is 2.49. The van der Waals surface area contributed by atoms with Crippen LogP contribution in [0.2, 0.25) is 0 Å². The topological polar surface area (TPSA) is 59.6 Å². The van der Waals surface area contributed by atoms with Gasteiger partial charge in [-0.15, -0.1) is 0 Å². The zero-order valence-corrected chi connectivity index (χ0v) is 10.8. The minimum atomic E-state index is -0.111. The Morgan fingerprint density at radius 1 is 1.37 bits per heavy atom. The van der Waals surface area contributed by atoms with E-state index in [1.165, 1.54) is 12.8 Å². The lowest BCUT2D eigenvalue weighted by Gasteiger charge is -2.19. The third-order valence-corrected chi connectivity index (χ3v) is 3.51. The molecule has 1 amide bonds. The van der Waals surface area contributed by atoms with Crippen molar-refractivity contribution in [3.8, 4) is 5.75 Å². The van der Waals surface area contributed by atoms with Crippen LogP contribution in [0.1, 0.15) is 31.2 Å². The second-order valence-corrected chi connectivity index (χ2v) is 5.01. The van der Waals surface area contributed by atoms with Crippen LogP contribution in [0.15, 0.2) is 18.2 Å². The molecule has 1 aromatic rings. The van der Waals surface area contributed by atoms with E-state index in [1.54, 1.807) is 0 Å². The van der Waals surface area contributed by atoms with E-state index in [0.29, 0.717) is 12.6 Å². The number of anilines is 1. The Hall–Kier alpha value is -1.59. The Kier molecular flexibility index (Phi) is 3.66. The molecule has 0 radical (unpaired) electrons. The molecule has 102 valence electrons. The fraction of sp³-hybridized carbons (Fsp3) is 0.500. The normalized spacial score (nSPS) is 18.8. The van der Waals surface area contributed by atoms with Crippen molar-refractivity contribution >= 4 is 11.6 Å². The summed E-state index contributed by atoms with van der Waals surface area (Å²) in [6.07, 6.45) is 5.14. The first-order valence-electron chi connectivity index (χ1n) is 6.75. The van der Waals surface area contributed by atoms with E-state index >= 15 is 0 Å². The number of hydrogen-bond donors (Lipinski definition) is 2. The SMILES string of the molecule is O=C1COc2ccc(CNOC3CCCC3)cc2N1. The lowest BCUT2D eigenvalue weighted by atomic mass is 10.1. The molecular formula is C14H18N2O3. The molecule has 5 heteroatoms. The standard InChI is InChI=1S/C14H18N2O3/c17-14-9-18-13-6-5-10(7-12(13)16-14)8-15-19-11-3-1-2-4-11/h5-7,11,15H,1-4,8-9H2,(H,16,17). The van der Waals surface area contributed by atoms with Gasteiger partial charge in [-0.25, -0.2) is 0 Å². The number of nitrogens with one attached hydrogen (secondary N) is 2. The van der Waals surface area contributed by atoms with E-state index in [-0.39, 0.29) is 12.5 Å². The van der Waals surface area contributed by atoms with Crippen molar-refractivity contribution in [1.82, 2.24) is 5.48 Å². The lowest BCUT2D eigenvalue weighted by molar-refractivity contribution is -0.118. The van der Waals surface area contributed by atoms with Crippen LogP contribution in [0.25, 0.3) is 0 Å². The van der Waals surface area contributed by atoms with E-state index in [1.807, 2.05) is 18.2 Å². The highest BCUT2D eigenvalue weighted by Crippen LogP contribution is 2.28. The van der Waals surface area contributed by atoms with Crippen LogP contribution in [0.4, 0.5) is 5.69 Å². The maximum Gasteiger partial charge on any atom is 0.262 e. The molecule has 2 N–H and O–H groups in total. The van der Waals surface area contributed by atoms with Crippen LogP contribution in [0.3, 0.4) is 0 Å². The molecule has 1 heterocycles. The Balaban J connectivity index is 1.56. The van der Waals surface area contributed by atoms with Crippen molar-refractivity contribution in [3.63, 3.8) is 0 Å². The third kappa shape index (κ3) is 3.05. The summed E-state index contributed by atoms with van der Waals surface area (Å²) in [5, 5.41) is 2.80. The molecule has 1 fully saturated rings. The van der Waals surface area contributed by atoms with E-state index < -0.39 is 0 Å². The Bertz CT molecular complexity index is 470. The van der Waals surface area contributed by atoms with Gasteiger partial charge in [-0.05, 0) is 30.5 Å². The van der Waals surface area contributed by atoms with Gasteiger partial charge >= 0.3 is 0 Å². The number of benzene rings is 1. The number of hydrogen-bond acceptors (Lipinski definition) is 4. The van der Waals surface area contributed by atoms with Gasteiger partial charge in [-0.3, -0.25) is 9.63 Å². The van der Waals surface area contributed by atoms with E-state index in [4.69, 9.17) is 9.57 Å². The molecule has 1 aliphatic carbocycles. The molecule has 0 unspecified atom stereocenters. The number of fused-ring (bicyclic) bond motifs is 1. The van der Waals surface area contributed by atoms with Gasteiger partial charge in [0.1, 0.15) is 5.75 Å². The van der Waals surface area contributed by atoms with Crippen LogP contribution < -0.4 is 15.5 Å². The van der Waals surface area contributed by atoms with Crippen LogP contribution >= 0.6 is 0 Å². The van der Waals surface area contributed by atoms with Crippen molar-refractivity contribution < 1.29 is 14.4 Å². The van der Waals surface area contributed by atoms with Crippen molar-refractivity contribution in [3.05, 3.63) is 23.8 Å². The van der Waals surface area contributed by atoms with Crippen LogP contribution in [-0.4, -0.2) is 18.6 Å². The van der Waals surface area contributed by atoms with Crippen LogP contribution in [0.5, 0.6) is 5.75 Å². The molecule has 0 saturated heterocycles. The first-order valence-corrected chi connectivity index (χ1v) is 6.75. The molecule has 0 aromatic heterocycles. The molecule has 1 aromatic carbocycles. The fourth-order valence-corrected chi connectivity index (χ4v) is 2.49. The van der Waals surface area contributed by atoms with Crippen molar-refractivity contribution in [1.29, 1.82) is 0 Å². The van der Waals surface area contributed by atoms with Gasteiger partial charge in [0.25, 0.3) is 5.91 Å². The number of carbonyl (C=O) groups excluding carboxylic acids is 1. The molecule has 2 aliphatic rings. The second kappa shape index (κ2) is 5.59. The summed E-state index contributed by atoms with van der Waals surface area (Å²) in [7, 11) is 0. The molecule has 0 atom stereocenters. The summed E-state index contributed by atoms with van der Waals surface area (Å²) in [5.41, 5.74) is 4.80. The van der Waals surface area contributed by atoms with Crippen molar-refractivity contribution in [2.24, 2.45) is 0 Å². The number of amides is 1. The molecular weight excluding hydrogens is 244 g/mol. The Labute approximate surface area is 112 Å². The smallest absolute Gasteiger partial charge is 0.262 e. The molecule has 0 spiro atoms. The summed E-state index contributed by atoms with van der Waals surface area (Å²) in [6, 6.07) is 5.76. The molecule has 3 rings (SSSR count). The Morgan fingerprint density at radius 2 is 2.21 bits per heavy atom. The van der Waals surface area contributed by atoms with Gasteiger partial charge in [0, 0.05) is 6.54 Å². The van der Waals surface area contributed by atoms with E-state index in [9.17, 15) is 4.79 Å². The van der Waals surface area contributed by atoms with Crippen LogP contribution in [0, 0.1) is 0 Å². The molecule has 1 saturated carbocycles. The minimum absolute atomic E-state index is 0.0926. The summed E-state index contributed by atoms with van der Waals surface area (Å²) in [4.78, 5) is 16.9. The van der Waals surface area contributed by atoms with Gasteiger partial charge in [0.15, 0.2) is 6.61 Å². The average Bonchev–Trinajstić information content (AvgIpc) is 2.91. The summed E-state index contributed by atoms with van der Waals surface area (Å²) < 4.78 is 5.31. The first kappa shape index (κ1) is 12.4. The van der Waals surface area contributed by atoms with Gasteiger partial charge in [-0.1, -0.05) is 18.9 Å². The van der Waals surface area contributed by atoms with Gasteiger partial charge < -0.3 is 10.1 Å². The summed E-state index contributed by atoms with van der Waals surface area (Å²) in [5.74, 6) is 0.611. The molecule has 19 heavy (non-hydrogen) atoms. The van der Waals surface area contributed by atoms with Crippen LogP contribution in [-0.2, 0) is 16.2 Å². The third-order valence-electron chi connectivity index (χ3n) is 3.51. The monoisotopic (exact) mass is 262 g/mol. The predicted octanol–water partition coefficient (Wildman–Crippen LogP) is 1.98. The van der Waals surface area contributed by atoms with Gasteiger partial charge in [-0.2, -0.15) is 5.48 Å². The van der Waals surface area contributed by atoms with E-state index in [0.717, 1.165) is 29.8 Å². The first-order chi connectivity index (χ1) is 9.31. The number of hydroxylamine groups is 1. The summed E-state index contributed by atoms with van der Waals surface area (Å²) >= 11 is 0. The summed E-state index contributed by atoms with van der Waals surface area (Å²) in [6.45, 7) is 0.717. The highest BCUT2D eigenvalue weighted by molar-refractivity contribution is 5.95. The largest absolute Gasteiger partial charge is 0.482 e. The highest BCUT2D eigenvalue weighted by atomic mass is 16.7. The minimum Gasteiger partial charge on any atom is -0.482 e. The zero-order chi connectivity index (χ0) is 13.1. The van der Waals surface area contributed by atoms with E-state index in [2.05, 4.69) is 10.8 Å². The molecule has 0 bridgehead atoms. The maximum absolute atomic E-state index is 11.2. The van der Waals surface area contributed by atoms with Gasteiger partial charge in [0.2, 0.25) is 0 Å². The molecule has 5 nitrogen and oxygen atoms in total. The van der Waals surface area contributed by atoms with Crippen molar-refractivity contribution in [2.45, 2.75) is 38.3 Å². The number of rotatable bonds is 4. The highest BCUT2D eigenvalue weighted by Gasteiger charge is 2.17. The lowest BCUT2D eigenvalue weighted by Crippen LogP contribution is -2.26. The number of ether oxygens (including phenoxy) is 1. The Morgan fingerprint density at radius 3 is 3.05 bits per heavy atom. The van der Waals surface area contributed by atoms with Crippen molar-refractivity contribution in [2.75, 3.05) is 11.9 Å². The number of carbonyl (C=O) groups is 1.